The van der Waals surface area contributed by atoms with Gasteiger partial charge in [-0.1, -0.05) is 23.7 Å². The van der Waals surface area contributed by atoms with Crippen LogP contribution < -0.4 is 10.2 Å². The Labute approximate surface area is 131 Å². The molecule has 1 atom stereocenters. The Morgan fingerprint density at radius 3 is 2.64 bits per heavy atom. The second-order valence-electron chi connectivity index (χ2n) is 4.96. The highest BCUT2D eigenvalue weighted by Crippen LogP contribution is 2.26. The first-order valence-electron chi connectivity index (χ1n) is 6.69. The van der Waals surface area contributed by atoms with E-state index >= 15 is 0 Å². The van der Waals surface area contributed by atoms with Gasteiger partial charge in [-0.2, -0.15) is 0 Å². The zero-order chi connectivity index (χ0) is 15.7. The number of anilines is 2. The molecule has 0 radical (unpaired) electrons. The van der Waals surface area contributed by atoms with Crippen molar-refractivity contribution in [1.82, 2.24) is 0 Å². The number of hydrogen-bond acceptors (Lipinski definition) is 3. The molecule has 2 aromatic carbocycles. The highest BCUT2D eigenvalue weighted by Gasteiger charge is 2.39. The molecule has 1 unspecified atom stereocenters. The van der Waals surface area contributed by atoms with E-state index in [0.29, 0.717) is 10.7 Å². The van der Waals surface area contributed by atoms with Crippen LogP contribution in [0.4, 0.5) is 15.8 Å². The van der Waals surface area contributed by atoms with Crippen LogP contribution in [-0.4, -0.2) is 17.9 Å². The van der Waals surface area contributed by atoms with E-state index in [1.54, 1.807) is 24.3 Å². The molecule has 0 bridgehead atoms. The second-order valence-corrected chi connectivity index (χ2v) is 5.40. The molecule has 0 saturated carbocycles. The zero-order valence-electron chi connectivity index (χ0n) is 11.4. The third kappa shape index (κ3) is 2.80. The molecular weight excluding hydrogens is 307 g/mol. The Morgan fingerprint density at radius 2 is 1.91 bits per heavy atom. The van der Waals surface area contributed by atoms with Crippen LogP contribution in [0.15, 0.2) is 48.5 Å². The van der Waals surface area contributed by atoms with E-state index in [4.69, 9.17) is 11.6 Å². The fraction of sp³-hybridized carbons (Fsp3) is 0.125. The molecule has 1 fully saturated rings. The van der Waals surface area contributed by atoms with Gasteiger partial charge in [-0.3, -0.25) is 9.59 Å². The van der Waals surface area contributed by atoms with Crippen molar-refractivity contribution in [1.29, 1.82) is 0 Å². The minimum Gasteiger partial charge on any atom is -0.373 e. The first kappa shape index (κ1) is 14.5. The van der Waals surface area contributed by atoms with Gasteiger partial charge in [0.2, 0.25) is 5.91 Å². The molecule has 1 heterocycles. The number of amides is 2. The lowest BCUT2D eigenvalue weighted by molar-refractivity contribution is -0.121. The maximum atomic E-state index is 13.3. The van der Waals surface area contributed by atoms with E-state index < -0.39 is 17.8 Å². The number of benzene rings is 2. The van der Waals surface area contributed by atoms with E-state index in [1.165, 1.54) is 18.2 Å². The van der Waals surface area contributed by atoms with Crippen molar-refractivity contribution in [2.24, 2.45) is 0 Å². The Balaban J connectivity index is 1.82. The van der Waals surface area contributed by atoms with E-state index in [2.05, 4.69) is 5.32 Å². The van der Waals surface area contributed by atoms with Crippen LogP contribution in [0.3, 0.4) is 0 Å². The van der Waals surface area contributed by atoms with Gasteiger partial charge in [0.15, 0.2) is 0 Å². The zero-order valence-corrected chi connectivity index (χ0v) is 12.2. The average Bonchev–Trinajstić information content (AvgIpc) is 2.73. The van der Waals surface area contributed by atoms with Gasteiger partial charge in [0.1, 0.15) is 11.9 Å². The van der Waals surface area contributed by atoms with Crippen molar-refractivity contribution in [3.05, 3.63) is 59.4 Å². The summed E-state index contributed by atoms with van der Waals surface area (Å²) in [6.45, 7) is 0. The van der Waals surface area contributed by atoms with E-state index in [1.807, 2.05) is 0 Å². The molecule has 1 saturated heterocycles. The Hall–Kier alpha value is -2.40. The summed E-state index contributed by atoms with van der Waals surface area (Å²) in [5, 5.41) is 3.52. The van der Waals surface area contributed by atoms with Crippen LogP contribution in [0.1, 0.15) is 6.42 Å². The van der Waals surface area contributed by atoms with Gasteiger partial charge in [-0.25, -0.2) is 9.29 Å². The molecule has 0 aromatic heterocycles. The summed E-state index contributed by atoms with van der Waals surface area (Å²) in [6, 6.07) is 11.6. The number of nitrogens with one attached hydrogen (secondary N) is 1. The summed E-state index contributed by atoms with van der Waals surface area (Å²) < 4.78 is 13.3. The molecule has 4 nitrogen and oxygen atoms in total. The summed E-state index contributed by atoms with van der Waals surface area (Å²) in [7, 11) is 0. The number of nitrogens with zero attached hydrogens (tertiary/aromatic N) is 1. The minimum atomic E-state index is -0.686. The molecule has 2 amide bonds. The van der Waals surface area contributed by atoms with E-state index in [9.17, 15) is 14.0 Å². The molecule has 112 valence electrons. The minimum absolute atomic E-state index is 0.0157. The molecule has 3 rings (SSSR count). The second kappa shape index (κ2) is 5.77. The summed E-state index contributed by atoms with van der Waals surface area (Å²) in [5.74, 6) is -1.27. The smallest absolute Gasteiger partial charge is 0.256 e. The fourth-order valence-corrected chi connectivity index (χ4v) is 2.60. The van der Waals surface area contributed by atoms with Gasteiger partial charge in [0, 0.05) is 10.7 Å². The van der Waals surface area contributed by atoms with Crippen molar-refractivity contribution in [3.8, 4) is 0 Å². The van der Waals surface area contributed by atoms with Gasteiger partial charge in [-0.05, 0) is 36.4 Å². The third-order valence-corrected chi connectivity index (χ3v) is 3.61. The lowest BCUT2D eigenvalue weighted by Gasteiger charge is -2.16. The topological polar surface area (TPSA) is 49.4 Å². The molecule has 0 aliphatic carbocycles. The molecule has 0 spiro atoms. The van der Waals surface area contributed by atoms with Crippen LogP contribution in [-0.2, 0) is 9.59 Å². The molecule has 2 aromatic rings. The van der Waals surface area contributed by atoms with Gasteiger partial charge >= 0.3 is 0 Å². The molecule has 6 heteroatoms. The van der Waals surface area contributed by atoms with E-state index in [0.717, 1.165) is 11.0 Å². The average molecular weight is 319 g/mol. The summed E-state index contributed by atoms with van der Waals surface area (Å²) in [5.41, 5.74) is 0.894. The molecule has 22 heavy (non-hydrogen) atoms. The van der Waals surface area contributed by atoms with Gasteiger partial charge in [0.25, 0.3) is 5.91 Å². The third-order valence-electron chi connectivity index (χ3n) is 3.38. The Bertz CT molecular complexity index is 750. The first-order chi connectivity index (χ1) is 10.5. The SMILES string of the molecule is O=C1CC(Nc2cccc(Cl)c2)C(=O)N1c1cccc(F)c1. The Morgan fingerprint density at radius 1 is 1.14 bits per heavy atom. The normalized spacial score (nSPS) is 17.9. The highest BCUT2D eigenvalue weighted by molar-refractivity contribution is 6.30. The van der Waals surface area contributed by atoms with E-state index in [-0.39, 0.29) is 18.0 Å². The lowest BCUT2D eigenvalue weighted by Crippen LogP contribution is -2.34. The number of carbonyl (C=O) groups excluding carboxylic acids is 2. The monoisotopic (exact) mass is 318 g/mol. The molecule has 1 aliphatic heterocycles. The highest BCUT2D eigenvalue weighted by atomic mass is 35.5. The predicted octanol–water partition coefficient (Wildman–Crippen LogP) is 3.22. The van der Waals surface area contributed by atoms with Gasteiger partial charge in [-0.15, -0.1) is 0 Å². The first-order valence-corrected chi connectivity index (χ1v) is 7.07. The quantitative estimate of drug-likeness (QED) is 0.884. The van der Waals surface area contributed by atoms with Crippen LogP contribution in [0.2, 0.25) is 5.02 Å². The van der Waals surface area contributed by atoms with Crippen molar-refractivity contribution < 1.29 is 14.0 Å². The van der Waals surface area contributed by atoms with Crippen LogP contribution in [0, 0.1) is 5.82 Å². The molecule has 1 N–H and O–H groups in total. The Kier molecular flexibility index (Phi) is 3.81. The summed E-state index contributed by atoms with van der Waals surface area (Å²) in [6.07, 6.45) is 0.0157. The standard InChI is InChI=1S/C16H12ClFN2O2/c17-10-3-1-5-12(7-10)19-14-9-15(21)20(16(14)22)13-6-2-4-11(18)8-13/h1-8,14,19H,9H2. The maximum absolute atomic E-state index is 13.3. The molecule has 1 aliphatic rings. The fourth-order valence-electron chi connectivity index (χ4n) is 2.41. The van der Waals surface area contributed by atoms with Crippen molar-refractivity contribution in [3.63, 3.8) is 0 Å². The van der Waals surface area contributed by atoms with Gasteiger partial charge < -0.3 is 5.32 Å². The largest absolute Gasteiger partial charge is 0.373 e. The van der Waals surface area contributed by atoms with Gasteiger partial charge in [0.05, 0.1) is 12.1 Å². The van der Waals surface area contributed by atoms with Crippen LogP contribution in [0.5, 0.6) is 0 Å². The van der Waals surface area contributed by atoms with Crippen molar-refractivity contribution >= 4 is 34.8 Å². The molecular formula is C16H12ClFN2O2. The van der Waals surface area contributed by atoms with Crippen molar-refractivity contribution in [2.75, 3.05) is 10.2 Å². The maximum Gasteiger partial charge on any atom is 0.256 e. The predicted molar refractivity (Wildman–Crippen MR) is 82.4 cm³/mol. The number of halogens is 2. The number of rotatable bonds is 3. The summed E-state index contributed by atoms with van der Waals surface area (Å²) in [4.78, 5) is 25.5. The summed E-state index contributed by atoms with van der Waals surface area (Å²) >= 11 is 5.89. The van der Waals surface area contributed by atoms with Crippen LogP contribution >= 0.6 is 11.6 Å². The van der Waals surface area contributed by atoms with Crippen molar-refractivity contribution in [2.45, 2.75) is 12.5 Å². The number of imide groups is 1. The van der Waals surface area contributed by atoms with Crippen LogP contribution in [0.25, 0.3) is 0 Å². The lowest BCUT2D eigenvalue weighted by atomic mass is 10.2. The number of carbonyl (C=O) groups is 2. The number of hydrogen-bond donors (Lipinski definition) is 1.